The summed E-state index contributed by atoms with van der Waals surface area (Å²) >= 11 is 0. The zero-order chi connectivity index (χ0) is 13.7. The summed E-state index contributed by atoms with van der Waals surface area (Å²) in [5, 5.41) is 0. The smallest absolute Gasteiger partial charge is 0.310 e. The van der Waals surface area contributed by atoms with E-state index in [1.54, 1.807) is 0 Å². The molecule has 1 fully saturated rings. The molecular weight excluding hydrogens is 240 g/mol. The molecule has 1 unspecified atom stereocenters. The Kier molecular flexibility index (Phi) is 4.91. The van der Waals surface area contributed by atoms with Crippen molar-refractivity contribution in [3.63, 3.8) is 0 Å². The fraction of sp³-hybridized carbons (Fsp3) is 0.600. The van der Waals surface area contributed by atoms with Crippen LogP contribution in [-0.2, 0) is 16.1 Å². The van der Waals surface area contributed by atoms with Gasteiger partial charge in [0.25, 0.3) is 0 Å². The minimum Gasteiger partial charge on any atom is -0.466 e. The van der Waals surface area contributed by atoms with E-state index in [0.717, 1.165) is 38.2 Å². The molecule has 1 atom stereocenters. The molecule has 0 N–H and O–H groups in total. The monoisotopic (exact) mass is 262 g/mol. The molecule has 0 spiro atoms. The maximum Gasteiger partial charge on any atom is 0.310 e. The van der Waals surface area contributed by atoms with Gasteiger partial charge in [0.1, 0.15) is 0 Å². The van der Waals surface area contributed by atoms with Gasteiger partial charge in [-0.2, -0.15) is 0 Å². The van der Waals surface area contributed by atoms with E-state index in [2.05, 4.69) is 22.9 Å². The first-order chi connectivity index (χ1) is 9.20. The Morgan fingerprint density at radius 2 is 2.42 bits per heavy atom. The number of likely N-dealkylation sites (tertiary alicyclic amines) is 1. The van der Waals surface area contributed by atoms with E-state index in [1.807, 2.05) is 19.2 Å². The number of carbonyl (C=O) groups excluding carboxylic acids is 1. The molecule has 4 heteroatoms. The minimum atomic E-state index is -0.0510. The summed E-state index contributed by atoms with van der Waals surface area (Å²) < 4.78 is 5.12. The van der Waals surface area contributed by atoms with Crippen molar-refractivity contribution < 1.29 is 9.53 Å². The summed E-state index contributed by atoms with van der Waals surface area (Å²) in [6, 6.07) is 4.03. The average molecular weight is 262 g/mol. The lowest BCUT2D eigenvalue weighted by Crippen LogP contribution is -2.39. The Hall–Kier alpha value is -1.42. The number of esters is 1. The van der Waals surface area contributed by atoms with E-state index >= 15 is 0 Å². The quantitative estimate of drug-likeness (QED) is 0.780. The number of hydrogen-bond donors (Lipinski definition) is 0. The van der Waals surface area contributed by atoms with Crippen LogP contribution in [0, 0.1) is 12.8 Å². The first kappa shape index (κ1) is 14.0. The first-order valence-electron chi connectivity index (χ1n) is 7.00. The summed E-state index contributed by atoms with van der Waals surface area (Å²) in [6.07, 6.45) is 3.82. The summed E-state index contributed by atoms with van der Waals surface area (Å²) in [4.78, 5) is 18.5. The zero-order valence-electron chi connectivity index (χ0n) is 11.8. The highest BCUT2D eigenvalue weighted by molar-refractivity contribution is 5.72. The second-order valence-electron chi connectivity index (χ2n) is 5.09. The predicted molar refractivity (Wildman–Crippen MR) is 73.6 cm³/mol. The molecule has 19 heavy (non-hydrogen) atoms. The van der Waals surface area contributed by atoms with Crippen LogP contribution in [0.2, 0.25) is 0 Å². The van der Waals surface area contributed by atoms with Gasteiger partial charge >= 0.3 is 5.97 Å². The predicted octanol–water partition coefficient (Wildman–Crippen LogP) is 2.17. The van der Waals surface area contributed by atoms with Gasteiger partial charge in [-0.15, -0.1) is 0 Å². The molecule has 1 saturated heterocycles. The van der Waals surface area contributed by atoms with Crippen LogP contribution in [0.5, 0.6) is 0 Å². The topological polar surface area (TPSA) is 42.4 Å². The number of piperidine rings is 1. The average Bonchev–Trinajstić information content (AvgIpc) is 2.42. The Bertz CT molecular complexity index is 434. The minimum absolute atomic E-state index is 0.0257. The fourth-order valence-electron chi connectivity index (χ4n) is 2.55. The lowest BCUT2D eigenvalue weighted by atomic mass is 9.98. The van der Waals surface area contributed by atoms with Crippen LogP contribution >= 0.6 is 0 Å². The van der Waals surface area contributed by atoms with E-state index in [4.69, 9.17) is 4.74 Å². The van der Waals surface area contributed by atoms with Gasteiger partial charge in [0.2, 0.25) is 0 Å². The molecule has 0 aliphatic carbocycles. The maximum absolute atomic E-state index is 11.8. The third-order valence-electron chi connectivity index (χ3n) is 3.62. The molecule has 1 aromatic rings. The molecule has 0 aromatic carbocycles. The Morgan fingerprint density at radius 1 is 1.58 bits per heavy atom. The number of hydrogen-bond acceptors (Lipinski definition) is 4. The molecule has 0 saturated carbocycles. The highest BCUT2D eigenvalue weighted by Crippen LogP contribution is 2.20. The SMILES string of the molecule is CCOC(=O)C1CCCN(Cc2ncccc2C)C1. The highest BCUT2D eigenvalue weighted by Gasteiger charge is 2.27. The van der Waals surface area contributed by atoms with Crippen molar-refractivity contribution in [3.8, 4) is 0 Å². The van der Waals surface area contributed by atoms with Crippen molar-refractivity contribution in [2.45, 2.75) is 33.2 Å². The van der Waals surface area contributed by atoms with Crippen LogP contribution in [0.1, 0.15) is 31.0 Å². The van der Waals surface area contributed by atoms with Crippen molar-refractivity contribution in [2.75, 3.05) is 19.7 Å². The van der Waals surface area contributed by atoms with Crippen LogP contribution < -0.4 is 0 Å². The van der Waals surface area contributed by atoms with Gasteiger partial charge in [-0.3, -0.25) is 14.7 Å². The summed E-state index contributed by atoms with van der Waals surface area (Å²) in [5.41, 5.74) is 2.31. The number of aromatic nitrogens is 1. The van der Waals surface area contributed by atoms with Crippen LogP contribution in [0.4, 0.5) is 0 Å². The molecule has 0 radical (unpaired) electrons. The van der Waals surface area contributed by atoms with E-state index in [9.17, 15) is 4.79 Å². The first-order valence-corrected chi connectivity index (χ1v) is 7.00. The van der Waals surface area contributed by atoms with Gasteiger partial charge in [-0.25, -0.2) is 0 Å². The lowest BCUT2D eigenvalue weighted by molar-refractivity contribution is -0.150. The molecular formula is C15H22N2O2. The summed E-state index contributed by atoms with van der Waals surface area (Å²) in [6.45, 7) is 7.04. The van der Waals surface area contributed by atoms with Crippen LogP contribution in [0.15, 0.2) is 18.3 Å². The second kappa shape index (κ2) is 6.66. The molecule has 1 aliphatic heterocycles. The number of pyridine rings is 1. The Morgan fingerprint density at radius 3 is 3.16 bits per heavy atom. The number of rotatable bonds is 4. The van der Waals surface area contributed by atoms with E-state index in [1.165, 1.54) is 5.56 Å². The Balaban J connectivity index is 1.94. The summed E-state index contributed by atoms with van der Waals surface area (Å²) in [7, 11) is 0. The van der Waals surface area contributed by atoms with Crippen molar-refractivity contribution in [1.29, 1.82) is 0 Å². The van der Waals surface area contributed by atoms with E-state index < -0.39 is 0 Å². The van der Waals surface area contributed by atoms with Crippen LogP contribution in [0.3, 0.4) is 0 Å². The van der Waals surface area contributed by atoms with Crippen molar-refractivity contribution in [1.82, 2.24) is 9.88 Å². The molecule has 0 bridgehead atoms. The number of carbonyl (C=O) groups is 1. The number of ether oxygens (including phenoxy) is 1. The van der Waals surface area contributed by atoms with Gasteiger partial charge in [0.15, 0.2) is 0 Å². The summed E-state index contributed by atoms with van der Waals surface area (Å²) in [5.74, 6) is -0.0253. The third-order valence-corrected chi connectivity index (χ3v) is 3.62. The molecule has 1 aromatic heterocycles. The lowest BCUT2D eigenvalue weighted by Gasteiger charge is -2.31. The van der Waals surface area contributed by atoms with Crippen molar-refractivity contribution >= 4 is 5.97 Å². The molecule has 2 heterocycles. The highest BCUT2D eigenvalue weighted by atomic mass is 16.5. The molecule has 2 rings (SSSR count). The number of nitrogens with zero attached hydrogens (tertiary/aromatic N) is 2. The molecule has 4 nitrogen and oxygen atoms in total. The Labute approximate surface area is 114 Å². The zero-order valence-corrected chi connectivity index (χ0v) is 11.8. The van der Waals surface area contributed by atoms with E-state index in [0.29, 0.717) is 6.61 Å². The second-order valence-corrected chi connectivity index (χ2v) is 5.09. The molecule has 104 valence electrons. The van der Waals surface area contributed by atoms with Gasteiger partial charge in [-0.1, -0.05) is 6.07 Å². The van der Waals surface area contributed by atoms with Crippen LogP contribution in [-0.4, -0.2) is 35.5 Å². The normalized spacial score (nSPS) is 20.2. The maximum atomic E-state index is 11.8. The fourth-order valence-corrected chi connectivity index (χ4v) is 2.55. The van der Waals surface area contributed by atoms with Gasteiger partial charge in [0.05, 0.1) is 18.2 Å². The van der Waals surface area contributed by atoms with E-state index in [-0.39, 0.29) is 11.9 Å². The number of aryl methyl sites for hydroxylation is 1. The van der Waals surface area contributed by atoms with Crippen molar-refractivity contribution in [2.24, 2.45) is 5.92 Å². The largest absolute Gasteiger partial charge is 0.466 e. The molecule has 1 aliphatic rings. The van der Waals surface area contributed by atoms with Gasteiger partial charge < -0.3 is 4.74 Å². The van der Waals surface area contributed by atoms with Gasteiger partial charge in [0, 0.05) is 19.3 Å². The van der Waals surface area contributed by atoms with Crippen molar-refractivity contribution in [3.05, 3.63) is 29.6 Å². The molecule has 0 amide bonds. The van der Waals surface area contributed by atoms with Gasteiger partial charge in [-0.05, 0) is 44.9 Å². The third kappa shape index (κ3) is 3.77. The standard InChI is InChI=1S/C15H22N2O2/c1-3-19-15(18)13-7-5-9-17(10-13)11-14-12(2)6-4-8-16-14/h4,6,8,13H,3,5,7,9-11H2,1-2H3. The van der Waals surface area contributed by atoms with Crippen LogP contribution in [0.25, 0.3) is 0 Å².